The molecule has 0 aromatic heterocycles. The first-order valence-electron chi connectivity index (χ1n) is 8.80. The van der Waals surface area contributed by atoms with Crippen molar-refractivity contribution in [2.24, 2.45) is 29.4 Å². The van der Waals surface area contributed by atoms with E-state index in [9.17, 15) is 4.79 Å². The van der Waals surface area contributed by atoms with Gasteiger partial charge in [0.25, 0.3) is 0 Å². The van der Waals surface area contributed by atoms with Gasteiger partial charge in [0.05, 0.1) is 0 Å². The fraction of sp³-hybridized carbons (Fsp3) is 0.941. The van der Waals surface area contributed by atoms with Crippen molar-refractivity contribution in [1.29, 1.82) is 0 Å². The van der Waals surface area contributed by atoms with Crippen LogP contribution >= 0.6 is 0 Å². The Hall–Kier alpha value is -0.770. The van der Waals surface area contributed by atoms with Crippen LogP contribution in [0.2, 0.25) is 0 Å². The number of carbonyl (C=O) groups is 1. The van der Waals surface area contributed by atoms with E-state index in [0.29, 0.717) is 12.0 Å². The molecule has 2 amide bonds. The molecule has 0 saturated heterocycles. The lowest BCUT2D eigenvalue weighted by Crippen LogP contribution is -2.62. The number of urea groups is 1. The average molecular weight is 291 g/mol. The maximum Gasteiger partial charge on any atom is 0.317 e. The second-order valence-corrected chi connectivity index (χ2v) is 8.61. The van der Waals surface area contributed by atoms with E-state index < -0.39 is 0 Å². The quantitative estimate of drug-likeness (QED) is 0.838. The van der Waals surface area contributed by atoms with Gasteiger partial charge in [0, 0.05) is 25.2 Å². The molecule has 0 unspecified atom stereocenters. The van der Waals surface area contributed by atoms with Gasteiger partial charge >= 0.3 is 6.03 Å². The van der Waals surface area contributed by atoms with Gasteiger partial charge in [-0.2, -0.15) is 0 Å². The predicted molar refractivity (Wildman–Crippen MR) is 82.8 cm³/mol. The van der Waals surface area contributed by atoms with Crippen molar-refractivity contribution >= 4 is 6.03 Å². The largest absolute Gasteiger partial charge is 0.333 e. The van der Waals surface area contributed by atoms with Crippen LogP contribution in [0.15, 0.2) is 0 Å². The highest BCUT2D eigenvalue weighted by Gasteiger charge is 2.51. The van der Waals surface area contributed by atoms with Crippen LogP contribution in [0.25, 0.3) is 0 Å². The smallest absolute Gasteiger partial charge is 0.317 e. The van der Waals surface area contributed by atoms with Crippen molar-refractivity contribution < 1.29 is 4.79 Å². The molecule has 5 rings (SSSR count). The number of carbonyl (C=O) groups excluding carboxylic acids is 1. The van der Waals surface area contributed by atoms with Crippen LogP contribution in [-0.4, -0.2) is 36.1 Å². The van der Waals surface area contributed by atoms with Crippen molar-refractivity contribution in [3.63, 3.8) is 0 Å². The summed E-state index contributed by atoms with van der Waals surface area (Å²) in [4.78, 5) is 14.5. The first kappa shape index (κ1) is 13.9. The molecule has 5 aliphatic carbocycles. The lowest BCUT2D eigenvalue weighted by Gasteiger charge is -2.57. The average Bonchev–Trinajstić information content (AvgIpc) is 2.34. The minimum absolute atomic E-state index is 0.135. The van der Waals surface area contributed by atoms with E-state index >= 15 is 0 Å². The molecule has 4 heteroatoms. The molecule has 0 spiro atoms. The second-order valence-electron chi connectivity index (χ2n) is 8.61. The number of nitrogens with two attached hydrogens (primary N) is 1. The number of hydrogen-bond donors (Lipinski definition) is 2. The van der Waals surface area contributed by atoms with Gasteiger partial charge in [0.2, 0.25) is 0 Å². The van der Waals surface area contributed by atoms with Gasteiger partial charge in [-0.25, -0.2) is 4.79 Å². The van der Waals surface area contributed by atoms with Crippen LogP contribution in [0.5, 0.6) is 0 Å². The lowest BCUT2D eigenvalue weighted by atomic mass is 9.53. The normalized spacial score (nSPS) is 47.0. The van der Waals surface area contributed by atoms with Crippen LogP contribution in [-0.2, 0) is 0 Å². The molecule has 5 fully saturated rings. The van der Waals surface area contributed by atoms with Gasteiger partial charge < -0.3 is 16.0 Å². The zero-order valence-corrected chi connectivity index (χ0v) is 13.2. The van der Waals surface area contributed by atoms with Crippen molar-refractivity contribution in [3.8, 4) is 0 Å². The summed E-state index contributed by atoms with van der Waals surface area (Å²) in [6, 6.07) is 0.520. The SMILES string of the molecule is CN(CC1CC(N)C1)C(=O)NC12CC3CC(CC(C3)C1)C2. The van der Waals surface area contributed by atoms with E-state index in [1.54, 1.807) is 0 Å². The molecule has 4 nitrogen and oxygen atoms in total. The van der Waals surface area contributed by atoms with Crippen LogP contribution < -0.4 is 11.1 Å². The van der Waals surface area contributed by atoms with Crippen molar-refractivity contribution in [2.75, 3.05) is 13.6 Å². The molecular formula is C17H29N3O. The third kappa shape index (κ3) is 2.56. The third-order valence-electron chi connectivity index (χ3n) is 6.56. The van der Waals surface area contributed by atoms with Crippen molar-refractivity contribution in [3.05, 3.63) is 0 Å². The van der Waals surface area contributed by atoms with Gasteiger partial charge in [-0.05, 0) is 75.0 Å². The highest BCUT2D eigenvalue weighted by Crippen LogP contribution is 2.55. The summed E-state index contributed by atoms with van der Waals surface area (Å²) in [6.07, 6.45) is 10.1. The van der Waals surface area contributed by atoms with E-state index in [2.05, 4.69) is 5.32 Å². The van der Waals surface area contributed by atoms with E-state index in [4.69, 9.17) is 5.73 Å². The number of amides is 2. The molecule has 4 bridgehead atoms. The first-order chi connectivity index (χ1) is 10.0. The summed E-state index contributed by atoms with van der Waals surface area (Å²) in [7, 11) is 1.94. The molecule has 0 radical (unpaired) electrons. The van der Waals surface area contributed by atoms with Crippen LogP contribution in [0.1, 0.15) is 51.4 Å². The maximum absolute atomic E-state index is 12.6. The molecule has 0 aliphatic heterocycles. The molecule has 118 valence electrons. The van der Waals surface area contributed by atoms with E-state index in [0.717, 1.165) is 37.1 Å². The predicted octanol–water partition coefficient (Wildman–Crippen LogP) is 2.33. The van der Waals surface area contributed by atoms with Gasteiger partial charge in [-0.3, -0.25) is 0 Å². The Morgan fingerprint density at radius 3 is 2.10 bits per heavy atom. The Morgan fingerprint density at radius 2 is 1.62 bits per heavy atom. The van der Waals surface area contributed by atoms with Crippen molar-refractivity contribution in [2.45, 2.75) is 62.9 Å². The molecule has 0 heterocycles. The lowest BCUT2D eigenvalue weighted by molar-refractivity contribution is -0.0157. The Balaban J connectivity index is 1.35. The first-order valence-corrected chi connectivity index (χ1v) is 8.80. The minimum Gasteiger partial charge on any atom is -0.333 e. The number of nitrogens with zero attached hydrogens (tertiary/aromatic N) is 1. The van der Waals surface area contributed by atoms with Crippen LogP contribution in [0, 0.1) is 23.7 Å². The Labute approximate surface area is 127 Å². The van der Waals surface area contributed by atoms with E-state index in [-0.39, 0.29) is 11.6 Å². The number of nitrogens with one attached hydrogen (secondary N) is 1. The molecule has 0 aromatic rings. The zero-order valence-electron chi connectivity index (χ0n) is 13.2. The van der Waals surface area contributed by atoms with Crippen molar-refractivity contribution in [1.82, 2.24) is 10.2 Å². The maximum atomic E-state index is 12.6. The standard InChI is InChI=1S/C17H29N3O/c1-20(10-14-5-15(18)6-14)16(21)19-17-7-11-2-12(8-17)4-13(3-11)9-17/h11-15H,2-10,18H2,1H3,(H,19,21). The van der Waals surface area contributed by atoms with Gasteiger partial charge in [-0.1, -0.05) is 0 Å². The fourth-order valence-electron chi connectivity index (χ4n) is 5.99. The fourth-order valence-corrected chi connectivity index (χ4v) is 5.99. The summed E-state index contributed by atoms with van der Waals surface area (Å²) in [5.74, 6) is 3.26. The Bertz CT molecular complexity index is 394. The summed E-state index contributed by atoms with van der Waals surface area (Å²) >= 11 is 0. The summed E-state index contributed by atoms with van der Waals surface area (Å²) in [5, 5.41) is 3.44. The third-order valence-corrected chi connectivity index (χ3v) is 6.56. The Kier molecular flexibility index (Phi) is 3.21. The second kappa shape index (κ2) is 4.87. The summed E-state index contributed by atoms with van der Waals surface area (Å²) < 4.78 is 0. The molecule has 5 saturated carbocycles. The summed E-state index contributed by atoms with van der Waals surface area (Å²) in [6.45, 7) is 0.867. The highest BCUT2D eigenvalue weighted by molar-refractivity contribution is 5.75. The zero-order chi connectivity index (χ0) is 14.6. The summed E-state index contributed by atoms with van der Waals surface area (Å²) in [5.41, 5.74) is 5.97. The molecule has 21 heavy (non-hydrogen) atoms. The molecule has 5 aliphatic rings. The van der Waals surface area contributed by atoms with E-state index in [1.165, 1.54) is 38.5 Å². The van der Waals surface area contributed by atoms with E-state index in [1.807, 2.05) is 11.9 Å². The van der Waals surface area contributed by atoms with Crippen LogP contribution in [0.4, 0.5) is 4.79 Å². The molecule has 0 aromatic carbocycles. The minimum atomic E-state index is 0.135. The number of hydrogen-bond acceptors (Lipinski definition) is 2. The number of rotatable bonds is 3. The molecule has 0 atom stereocenters. The topological polar surface area (TPSA) is 58.4 Å². The molecular weight excluding hydrogens is 262 g/mol. The van der Waals surface area contributed by atoms with Gasteiger partial charge in [-0.15, -0.1) is 0 Å². The van der Waals surface area contributed by atoms with Crippen LogP contribution in [0.3, 0.4) is 0 Å². The molecule has 3 N–H and O–H groups in total. The Morgan fingerprint density at radius 1 is 1.10 bits per heavy atom. The highest BCUT2D eigenvalue weighted by atomic mass is 16.2. The van der Waals surface area contributed by atoms with Gasteiger partial charge in [0.15, 0.2) is 0 Å². The van der Waals surface area contributed by atoms with Gasteiger partial charge in [0.1, 0.15) is 0 Å². The monoisotopic (exact) mass is 291 g/mol.